The SMILES string of the molecule is CCCCC(CCC)Nc1cc2c(cc1N)OCCO2. The van der Waals surface area contributed by atoms with Crippen molar-refractivity contribution in [1.82, 2.24) is 0 Å². The number of anilines is 2. The van der Waals surface area contributed by atoms with E-state index in [0.29, 0.717) is 19.3 Å². The number of fused-ring (bicyclic) bond motifs is 1. The van der Waals surface area contributed by atoms with Gasteiger partial charge in [-0.2, -0.15) is 0 Å². The number of unbranched alkanes of at least 4 members (excludes halogenated alkanes) is 1. The average molecular weight is 278 g/mol. The highest BCUT2D eigenvalue weighted by atomic mass is 16.6. The van der Waals surface area contributed by atoms with Gasteiger partial charge in [0.2, 0.25) is 0 Å². The summed E-state index contributed by atoms with van der Waals surface area (Å²) in [6, 6.07) is 4.31. The van der Waals surface area contributed by atoms with Crippen molar-refractivity contribution in [2.75, 3.05) is 24.3 Å². The van der Waals surface area contributed by atoms with Gasteiger partial charge in [0.05, 0.1) is 11.4 Å². The fraction of sp³-hybridized carbons (Fsp3) is 0.625. The lowest BCUT2D eigenvalue weighted by Crippen LogP contribution is -2.21. The summed E-state index contributed by atoms with van der Waals surface area (Å²) in [7, 11) is 0. The molecule has 0 radical (unpaired) electrons. The van der Waals surface area contributed by atoms with Crippen LogP contribution >= 0.6 is 0 Å². The molecule has 0 fully saturated rings. The molecule has 2 rings (SSSR count). The molecular weight excluding hydrogens is 252 g/mol. The molecule has 20 heavy (non-hydrogen) atoms. The zero-order valence-electron chi connectivity index (χ0n) is 12.6. The van der Waals surface area contributed by atoms with Gasteiger partial charge in [-0.15, -0.1) is 0 Å². The first-order chi connectivity index (χ1) is 9.74. The molecule has 1 aliphatic rings. The number of hydrogen-bond acceptors (Lipinski definition) is 4. The van der Waals surface area contributed by atoms with Crippen LogP contribution < -0.4 is 20.5 Å². The molecule has 3 N–H and O–H groups in total. The molecule has 0 saturated heterocycles. The maximum atomic E-state index is 6.12. The third kappa shape index (κ3) is 3.71. The van der Waals surface area contributed by atoms with E-state index < -0.39 is 0 Å². The predicted octanol–water partition coefficient (Wildman–Crippen LogP) is 3.81. The highest BCUT2D eigenvalue weighted by molar-refractivity contribution is 5.72. The number of nitrogens with two attached hydrogens (primary N) is 1. The second kappa shape index (κ2) is 7.27. The van der Waals surface area contributed by atoms with Crippen LogP contribution in [0.1, 0.15) is 46.0 Å². The Balaban J connectivity index is 2.10. The minimum Gasteiger partial charge on any atom is -0.486 e. The topological polar surface area (TPSA) is 56.5 Å². The molecule has 1 aliphatic heterocycles. The molecule has 1 heterocycles. The Labute approximate surface area is 121 Å². The maximum Gasteiger partial charge on any atom is 0.163 e. The molecule has 0 aliphatic carbocycles. The molecule has 4 nitrogen and oxygen atoms in total. The number of benzene rings is 1. The number of ether oxygens (including phenoxy) is 2. The van der Waals surface area contributed by atoms with Crippen molar-refractivity contribution in [1.29, 1.82) is 0 Å². The lowest BCUT2D eigenvalue weighted by Gasteiger charge is -2.24. The smallest absolute Gasteiger partial charge is 0.163 e. The molecule has 112 valence electrons. The van der Waals surface area contributed by atoms with Gasteiger partial charge in [-0.3, -0.25) is 0 Å². The third-order valence-electron chi connectivity index (χ3n) is 3.62. The van der Waals surface area contributed by atoms with E-state index >= 15 is 0 Å². The number of rotatable bonds is 7. The van der Waals surface area contributed by atoms with E-state index in [1.54, 1.807) is 0 Å². The molecule has 1 unspecified atom stereocenters. The molecule has 0 aromatic heterocycles. The molecule has 4 heteroatoms. The minimum absolute atomic E-state index is 0.477. The molecule has 0 spiro atoms. The first kappa shape index (κ1) is 14.8. The van der Waals surface area contributed by atoms with Crippen LogP contribution in [0.15, 0.2) is 12.1 Å². The molecular formula is C16H26N2O2. The molecule has 0 saturated carbocycles. The van der Waals surface area contributed by atoms with Crippen LogP contribution in [0.4, 0.5) is 11.4 Å². The summed E-state index contributed by atoms with van der Waals surface area (Å²) in [5, 5.41) is 3.57. The van der Waals surface area contributed by atoms with Gasteiger partial charge in [0.15, 0.2) is 11.5 Å². The molecule has 1 aromatic carbocycles. The first-order valence-electron chi connectivity index (χ1n) is 7.70. The van der Waals surface area contributed by atoms with Gasteiger partial charge in [-0.05, 0) is 12.8 Å². The summed E-state index contributed by atoms with van der Waals surface area (Å²) in [6.07, 6.45) is 5.97. The van der Waals surface area contributed by atoms with E-state index in [2.05, 4.69) is 19.2 Å². The van der Waals surface area contributed by atoms with E-state index in [0.717, 1.165) is 29.3 Å². The number of hydrogen-bond donors (Lipinski definition) is 2. The van der Waals surface area contributed by atoms with Crippen molar-refractivity contribution in [3.63, 3.8) is 0 Å². The monoisotopic (exact) mass is 278 g/mol. The molecule has 0 bridgehead atoms. The Morgan fingerprint density at radius 2 is 1.80 bits per heavy atom. The Morgan fingerprint density at radius 1 is 1.10 bits per heavy atom. The number of nitrogen functional groups attached to an aromatic ring is 1. The van der Waals surface area contributed by atoms with E-state index in [9.17, 15) is 0 Å². The second-order valence-corrected chi connectivity index (χ2v) is 5.36. The highest BCUT2D eigenvalue weighted by Crippen LogP contribution is 2.37. The standard InChI is InChI=1S/C16H26N2O2/c1-3-5-7-12(6-4-2)18-14-11-16-15(10-13(14)17)19-8-9-20-16/h10-12,18H,3-9,17H2,1-2H3. The summed E-state index contributed by atoms with van der Waals surface area (Å²) in [4.78, 5) is 0. The van der Waals surface area contributed by atoms with Crippen molar-refractivity contribution < 1.29 is 9.47 Å². The fourth-order valence-corrected chi connectivity index (χ4v) is 2.54. The molecule has 1 atom stereocenters. The Kier molecular flexibility index (Phi) is 5.39. The summed E-state index contributed by atoms with van der Waals surface area (Å²) in [5.74, 6) is 1.54. The van der Waals surface area contributed by atoms with Crippen molar-refractivity contribution in [2.24, 2.45) is 0 Å². The van der Waals surface area contributed by atoms with Gasteiger partial charge in [-0.1, -0.05) is 33.1 Å². The van der Waals surface area contributed by atoms with Crippen LogP contribution in [0.3, 0.4) is 0 Å². The van der Waals surface area contributed by atoms with Crippen LogP contribution in [-0.2, 0) is 0 Å². The molecule has 0 amide bonds. The quantitative estimate of drug-likeness (QED) is 0.745. The van der Waals surface area contributed by atoms with Gasteiger partial charge in [0, 0.05) is 18.2 Å². The van der Waals surface area contributed by atoms with Gasteiger partial charge >= 0.3 is 0 Å². The Bertz CT molecular complexity index is 435. The van der Waals surface area contributed by atoms with Crippen molar-refractivity contribution >= 4 is 11.4 Å². The first-order valence-corrected chi connectivity index (χ1v) is 7.70. The number of nitrogens with one attached hydrogen (secondary N) is 1. The van der Waals surface area contributed by atoms with E-state index in [4.69, 9.17) is 15.2 Å². The summed E-state index contributed by atoms with van der Waals surface area (Å²) >= 11 is 0. The normalized spacial score (nSPS) is 14.9. The van der Waals surface area contributed by atoms with Crippen LogP contribution in [-0.4, -0.2) is 19.3 Å². The minimum atomic E-state index is 0.477. The van der Waals surface area contributed by atoms with Gasteiger partial charge in [0.25, 0.3) is 0 Å². The van der Waals surface area contributed by atoms with Gasteiger partial charge < -0.3 is 20.5 Å². The lowest BCUT2D eigenvalue weighted by molar-refractivity contribution is 0.172. The van der Waals surface area contributed by atoms with Crippen LogP contribution in [0.25, 0.3) is 0 Å². The van der Waals surface area contributed by atoms with E-state index in [-0.39, 0.29) is 0 Å². The Hall–Kier alpha value is -1.58. The average Bonchev–Trinajstić information content (AvgIpc) is 2.45. The largest absolute Gasteiger partial charge is 0.486 e. The zero-order valence-corrected chi connectivity index (χ0v) is 12.6. The molecule has 1 aromatic rings. The van der Waals surface area contributed by atoms with E-state index in [1.165, 1.54) is 25.7 Å². The third-order valence-corrected chi connectivity index (χ3v) is 3.62. The highest BCUT2D eigenvalue weighted by Gasteiger charge is 2.16. The van der Waals surface area contributed by atoms with Crippen LogP contribution in [0, 0.1) is 0 Å². The second-order valence-electron chi connectivity index (χ2n) is 5.36. The van der Waals surface area contributed by atoms with Gasteiger partial charge in [-0.25, -0.2) is 0 Å². The maximum absolute atomic E-state index is 6.12. The zero-order chi connectivity index (χ0) is 14.4. The summed E-state index contributed by atoms with van der Waals surface area (Å²) in [6.45, 7) is 5.63. The summed E-state index contributed by atoms with van der Waals surface area (Å²) in [5.41, 5.74) is 7.81. The fourth-order valence-electron chi connectivity index (χ4n) is 2.54. The predicted molar refractivity (Wildman–Crippen MR) is 83.7 cm³/mol. The lowest BCUT2D eigenvalue weighted by atomic mass is 10.0. The van der Waals surface area contributed by atoms with Crippen molar-refractivity contribution in [2.45, 2.75) is 52.0 Å². The van der Waals surface area contributed by atoms with E-state index in [1.807, 2.05) is 12.1 Å². The van der Waals surface area contributed by atoms with Crippen LogP contribution in [0.2, 0.25) is 0 Å². The van der Waals surface area contributed by atoms with Crippen LogP contribution in [0.5, 0.6) is 11.5 Å². The summed E-state index contributed by atoms with van der Waals surface area (Å²) < 4.78 is 11.2. The van der Waals surface area contributed by atoms with Gasteiger partial charge in [0.1, 0.15) is 13.2 Å². The van der Waals surface area contributed by atoms with Crippen molar-refractivity contribution in [3.8, 4) is 11.5 Å². The van der Waals surface area contributed by atoms with Crippen molar-refractivity contribution in [3.05, 3.63) is 12.1 Å². The Morgan fingerprint density at radius 3 is 2.45 bits per heavy atom.